The van der Waals surface area contributed by atoms with Crippen molar-refractivity contribution in [1.82, 2.24) is 24.8 Å². The zero-order valence-corrected chi connectivity index (χ0v) is 15.2. The Labute approximate surface area is 146 Å². The molecule has 0 spiro atoms. The summed E-state index contributed by atoms with van der Waals surface area (Å²) in [6.07, 6.45) is 8.18. The van der Waals surface area contributed by atoms with Gasteiger partial charge in [0.15, 0.2) is 10.3 Å². The maximum atomic E-state index is 6.29. The van der Waals surface area contributed by atoms with Crippen molar-refractivity contribution in [2.75, 3.05) is 12.8 Å². The number of nitrogens with one attached hydrogen (secondary N) is 1. The predicted molar refractivity (Wildman–Crippen MR) is 93.8 cm³/mol. The van der Waals surface area contributed by atoms with Crippen molar-refractivity contribution in [3.8, 4) is 0 Å². The number of halogens is 1. The molecule has 0 atom stereocenters. The van der Waals surface area contributed by atoms with Gasteiger partial charge in [0.1, 0.15) is 5.82 Å². The van der Waals surface area contributed by atoms with Crippen LogP contribution in [0.1, 0.15) is 42.5 Å². The van der Waals surface area contributed by atoms with Crippen molar-refractivity contribution >= 4 is 23.4 Å². The number of aromatic amines is 1. The Hall–Kier alpha value is -1.11. The number of hydrogen-bond donors (Lipinski definition) is 1. The van der Waals surface area contributed by atoms with E-state index in [-0.39, 0.29) is 0 Å². The molecule has 0 unspecified atom stereocenters. The van der Waals surface area contributed by atoms with E-state index < -0.39 is 0 Å². The lowest BCUT2D eigenvalue weighted by Crippen LogP contribution is -2.31. The van der Waals surface area contributed by atoms with E-state index in [0.717, 1.165) is 62.0 Å². The maximum absolute atomic E-state index is 6.29. The number of imidazole rings is 1. The first kappa shape index (κ1) is 16.7. The topological polar surface area (TPSA) is 57.7 Å². The SMILES string of the molecule is CCCCc1nc(Cl)c(CN2CCc3nc(SC)ncc3C2)[nH]1. The summed E-state index contributed by atoms with van der Waals surface area (Å²) in [7, 11) is 0. The molecule has 1 N–H and O–H groups in total. The summed E-state index contributed by atoms with van der Waals surface area (Å²) in [5.41, 5.74) is 3.42. The van der Waals surface area contributed by atoms with E-state index >= 15 is 0 Å². The standard InChI is InChI=1S/C16H22ClN5S/c1-3-4-5-14-19-13(15(17)21-14)10-22-7-6-12-11(9-22)8-18-16(20-12)23-2/h8H,3-7,9-10H2,1-2H3,(H,19,21). The van der Waals surface area contributed by atoms with Crippen molar-refractivity contribution in [2.24, 2.45) is 0 Å². The third kappa shape index (κ3) is 4.05. The third-order valence-corrected chi connectivity index (χ3v) is 4.97. The highest BCUT2D eigenvalue weighted by Gasteiger charge is 2.20. The van der Waals surface area contributed by atoms with Gasteiger partial charge in [-0.3, -0.25) is 4.90 Å². The lowest BCUT2D eigenvalue weighted by atomic mass is 10.1. The fraction of sp³-hybridized carbons (Fsp3) is 0.562. The summed E-state index contributed by atoms with van der Waals surface area (Å²) in [5.74, 6) is 0.997. The molecule has 124 valence electrons. The molecule has 0 aromatic carbocycles. The van der Waals surface area contributed by atoms with E-state index in [0.29, 0.717) is 5.15 Å². The summed E-state index contributed by atoms with van der Waals surface area (Å²) in [6, 6.07) is 0. The Morgan fingerprint density at radius 3 is 3.04 bits per heavy atom. The minimum absolute atomic E-state index is 0.607. The van der Waals surface area contributed by atoms with Crippen molar-refractivity contribution in [2.45, 2.75) is 50.9 Å². The number of fused-ring (bicyclic) bond motifs is 1. The van der Waals surface area contributed by atoms with Gasteiger partial charge in [0.05, 0.1) is 11.4 Å². The molecule has 0 amide bonds. The molecule has 0 bridgehead atoms. The molecule has 0 radical (unpaired) electrons. The summed E-state index contributed by atoms with van der Waals surface area (Å²) < 4.78 is 0. The summed E-state index contributed by atoms with van der Waals surface area (Å²) in [4.78, 5) is 19.2. The molecule has 0 saturated heterocycles. The van der Waals surface area contributed by atoms with Crippen LogP contribution in [0, 0.1) is 0 Å². The first-order valence-corrected chi connectivity index (χ1v) is 9.64. The van der Waals surface area contributed by atoms with E-state index in [1.54, 1.807) is 11.8 Å². The van der Waals surface area contributed by atoms with Gasteiger partial charge in [-0.2, -0.15) is 0 Å². The van der Waals surface area contributed by atoms with Gasteiger partial charge in [0, 0.05) is 44.2 Å². The molecule has 5 nitrogen and oxygen atoms in total. The molecule has 3 rings (SSSR count). The van der Waals surface area contributed by atoms with E-state index in [1.165, 1.54) is 11.3 Å². The summed E-state index contributed by atoms with van der Waals surface area (Å²) in [5, 5.41) is 1.46. The Kier molecular flexibility index (Phi) is 5.56. The van der Waals surface area contributed by atoms with Crippen molar-refractivity contribution in [3.63, 3.8) is 0 Å². The Morgan fingerprint density at radius 2 is 2.26 bits per heavy atom. The highest BCUT2D eigenvalue weighted by molar-refractivity contribution is 7.98. The summed E-state index contributed by atoms with van der Waals surface area (Å²) in [6.45, 7) is 4.82. The van der Waals surface area contributed by atoms with Crippen LogP contribution in [0.2, 0.25) is 5.15 Å². The van der Waals surface area contributed by atoms with E-state index in [4.69, 9.17) is 11.6 Å². The van der Waals surface area contributed by atoms with Crippen LogP contribution < -0.4 is 0 Å². The quantitative estimate of drug-likeness (QED) is 0.637. The van der Waals surface area contributed by atoms with Gasteiger partial charge in [-0.25, -0.2) is 15.0 Å². The molecule has 0 saturated carbocycles. The number of nitrogens with zero attached hydrogens (tertiary/aromatic N) is 4. The van der Waals surface area contributed by atoms with Gasteiger partial charge in [-0.1, -0.05) is 36.7 Å². The van der Waals surface area contributed by atoms with Crippen LogP contribution >= 0.6 is 23.4 Å². The number of unbranched alkanes of at least 4 members (excludes halogenated alkanes) is 1. The van der Waals surface area contributed by atoms with E-state index in [2.05, 4.69) is 31.8 Å². The fourth-order valence-corrected chi connectivity index (χ4v) is 3.39. The molecule has 3 heterocycles. The van der Waals surface area contributed by atoms with Gasteiger partial charge in [-0.15, -0.1) is 0 Å². The maximum Gasteiger partial charge on any atom is 0.187 e. The van der Waals surface area contributed by atoms with Crippen molar-refractivity contribution in [3.05, 3.63) is 34.1 Å². The first-order valence-electron chi connectivity index (χ1n) is 8.04. The van der Waals surface area contributed by atoms with E-state index in [1.807, 2.05) is 12.5 Å². The highest BCUT2D eigenvalue weighted by atomic mass is 35.5. The predicted octanol–water partition coefficient (Wildman–Crippen LogP) is 3.48. The van der Waals surface area contributed by atoms with Gasteiger partial charge in [-0.05, 0) is 12.7 Å². The third-order valence-electron chi connectivity index (χ3n) is 4.10. The van der Waals surface area contributed by atoms with Gasteiger partial charge < -0.3 is 4.98 Å². The lowest BCUT2D eigenvalue weighted by Gasteiger charge is -2.27. The van der Waals surface area contributed by atoms with Crippen LogP contribution in [0.15, 0.2) is 11.4 Å². The molecular weight excluding hydrogens is 330 g/mol. The van der Waals surface area contributed by atoms with Crippen LogP contribution in [-0.4, -0.2) is 37.6 Å². The van der Waals surface area contributed by atoms with Crippen LogP contribution in [0.3, 0.4) is 0 Å². The highest BCUT2D eigenvalue weighted by Crippen LogP contribution is 2.22. The number of H-pyrrole nitrogens is 1. The number of thioether (sulfide) groups is 1. The number of aryl methyl sites for hydroxylation is 1. The average Bonchev–Trinajstić information content (AvgIpc) is 2.92. The largest absolute Gasteiger partial charge is 0.344 e. The van der Waals surface area contributed by atoms with Gasteiger partial charge in [0.2, 0.25) is 0 Å². The molecule has 7 heteroatoms. The van der Waals surface area contributed by atoms with Gasteiger partial charge in [0.25, 0.3) is 0 Å². The molecule has 0 aliphatic carbocycles. The zero-order chi connectivity index (χ0) is 16.2. The van der Waals surface area contributed by atoms with Crippen molar-refractivity contribution < 1.29 is 0 Å². The first-order chi connectivity index (χ1) is 11.2. The van der Waals surface area contributed by atoms with Crippen molar-refractivity contribution in [1.29, 1.82) is 0 Å². The Balaban J connectivity index is 1.66. The zero-order valence-electron chi connectivity index (χ0n) is 13.6. The molecule has 2 aromatic rings. The number of aromatic nitrogens is 4. The Bertz CT molecular complexity index is 672. The smallest absolute Gasteiger partial charge is 0.187 e. The lowest BCUT2D eigenvalue weighted by molar-refractivity contribution is 0.239. The van der Waals surface area contributed by atoms with E-state index in [9.17, 15) is 0 Å². The second-order valence-electron chi connectivity index (χ2n) is 5.85. The fourth-order valence-electron chi connectivity index (χ4n) is 2.82. The van der Waals surface area contributed by atoms with Gasteiger partial charge >= 0.3 is 0 Å². The Morgan fingerprint density at radius 1 is 1.39 bits per heavy atom. The monoisotopic (exact) mass is 351 g/mol. The van der Waals surface area contributed by atoms with Crippen LogP contribution in [0.25, 0.3) is 0 Å². The summed E-state index contributed by atoms with van der Waals surface area (Å²) >= 11 is 7.88. The second-order valence-corrected chi connectivity index (χ2v) is 6.98. The molecule has 1 aliphatic heterocycles. The second kappa shape index (κ2) is 7.64. The van der Waals surface area contributed by atoms with Crippen LogP contribution in [0.4, 0.5) is 0 Å². The molecule has 0 fully saturated rings. The average molecular weight is 352 g/mol. The molecule has 2 aromatic heterocycles. The molecular formula is C16H22ClN5S. The molecule has 23 heavy (non-hydrogen) atoms. The minimum Gasteiger partial charge on any atom is -0.344 e. The van der Waals surface area contributed by atoms with Crippen LogP contribution in [-0.2, 0) is 25.9 Å². The normalized spacial score (nSPS) is 14.9. The number of hydrogen-bond acceptors (Lipinski definition) is 5. The van der Waals surface area contributed by atoms with Crippen LogP contribution in [0.5, 0.6) is 0 Å². The number of rotatable bonds is 6. The minimum atomic E-state index is 0.607. The molecule has 1 aliphatic rings.